The fourth-order valence-electron chi connectivity index (χ4n) is 6.40. The molecule has 4 aromatic rings. The van der Waals surface area contributed by atoms with Crippen LogP contribution in [0.4, 0.5) is 5.82 Å². The molecule has 1 saturated heterocycles. The van der Waals surface area contributed by atoms with Crippen LogP contribution in [0.15, 0.2) is 42.9 Å². The summed E-state index contributed by atoms with van der Waals surface area (Å²) in [6.45, 7) is 3.40. The number of hydrogen-bond donors (Lipinski definition) is 1. The van der Waals surface area contributed by atoms with E-state index in [1.807, 2.05) is 29.3 Å². The molecule has 1 aliphatic heterocycles. The van der Waals surface area contributed by atoms with Gasteiger partial charge in [0.05, 0.1) is 29.4 Å². The number of aromatic nitrogens is 5. The van der Waals surface area contributed by atoms with E-state index >= 15 is 0 Å². The summed E-state index contributed by atoms with van der Waals surface area (Å²) in [5, 5.41) is 13.1. The van der Waals surface area contributed by atoms with Crippen molar-refractivity contribution in [3.8, 4) is 5.75 Å². The van der Waals surface area contributed by atoms with Crippen LogP contribution in [0.2, 0.25) is 0 Å². The van der Waals surface area contributed by atoms with Crippen LogP contribution in [0.1, 0.15) is 61.8 Å². The van der Waals surface area contributed by atoms with Crippen molar-refractivity contribution in [1.82, 2.24) is 29.3 Å². The molecule has 40 heavy (non-hydrogen) atoms. The number of hydrogen-bond acceptors (Lipinski definition) is 7. The third-order valence-electron chi connectivity index (χ3n) is 8.95. The van der Waals surface area contributed by atoms with Gasteiger partial charge in [-0.05, 0) is 43.9 Å². The van der Waals surface area contributed by atoms with Crippen LogP contribution >= 0.6 is 0 Å². The summed E-state index contributed by atoms with van der Waals surface area (Å²) >= 11 is 0. The van der Waals surface area contributed by atoms with Crippen molar-refractivity contribution in [3.63, 3.8) is 0 Å². The predicted molar refractivity (Wildman–Crippen MR) is 147 cm³/mol. The van der Waals surface area contributed by atoms with E-state index in [9.17, 15) is 9.59 Å². The number of nitrogens with one attached hydrogen (secondary N) is 1. The lowest BCUT2D eigenvalue weighted by molar-refractivity contribution is -0.143. The molecule has 0 atom stereocenters. The smallest absolute Gasteiger partial charge is 0.260 e. The van der Waals surface area contributed by atoms with Crippen LogP contribution in [0, 0.1) is 5.41 Å². The highest BCUT2D eigenvalue weighted by Crippen LogP contribution is 2.47. The van der Waals surface area contributed by atoms with Crippen molar-refractivity contribution in [3.05, 3.63) is 48.4 Å². The number of imidazole rings is 1. The fraction of sp³-hybridized carbons (Fsp3) is 0.483. The van der Waals surface area contributed by atoms with Gasteiger partial charge in [-0.3, -0.25) is 14.3 Å². The first kappa shape index (κ1) is 25.0. The third-order valence-corrected chi connectivity index (χ3v) is 8.95. The zero-order valence-corrected chi connectivity index (χ0v) is 22.7. The molecule has 3 aliphatic rings. The van der Waals surface area contributed by atoms with Crippen LogP contribution < -0.4 is 10.1 Å². The molecule has 208 valence electrons. The highest BCUT2D eigenvalue weighted by Gasteiger charge is 2.46. The Labute approximate surface area is 231 Å². The average molecular weight is 544 g/mol. The van der Waals surface area contributed by atoms with Crippen molar-refractivity contribution >= 4 is 34.2 Å². The van der Waals surface area contributed by atoms with Crippen molar-refractivity contribution < 1.29 is 19.1 Å². The third kappa shape index (κ3) is 4.38. The Morgan fingerprint density at radius 3 is 2.67 bits per heavy atom. The van der Waals surface area contributed by atoms with Crippen molar-refractivity contribution in [2.45, 2.75) is 63.7 Å². The Hall–Kier alpha value is -3.99. The van der Waals surface area contributed by atoms with Gasteiger partial charge in [0.25, 0.3) is 5.91 Å². The molecule has 1 aromatic carbocycles. The number of fused-ring (bicyclic) bond motifs is 2. The van der Waals surface area contributed by atoms with Crippen molar-refractivity contribution in [1.29, 1.82) is 0 Å². The summed E-state index contributed by atoms with van der Waals surface area (Å²) in [5.41, 5.74) is 2.17. The normalized spacial score (nSPS) is 22.3. The van der Waals surface area contributed by atoms with Gasteiger partial charge in [0.2, 0.25) is 5.91 Å². The zero-order valence-electron chi connectivity index (χ0n) is 22.7. The van der Waals surface area contributed by atoms with Gasteiger partial charge in [-0.15, -0.1) is 0 Å². The summed E-state index contributed by atoms with van der Waals surface area (Å²) in [7, 11) is 1.71. The molecule has 1 spiro atoms. The Bertz CT molecular complexity index is 1590. The number of ether oxygens (including phenoxy) is 2. The van der Waals surface area contributed by atoms with Gasteiger partial charge < -0.3 is 19.7 Å². The minimum absolute atomic E-state index is 0.0138. The van der Waals surface area contributed by atoms with Gasteiger partial charge in [0, 0.05) is 69.2 Å². The van der Waals surface area contributed by atoms with E-state index < -0.39 is 0 Å². The molecule has 1 N–H and O–H groups in total. The molecule has 3 aromatic heterocycles. The largest absolute Gasteiger partial charge is 0.489 e. The SMILES string of the molecule is CO[C@H]1C[C@H](Oc2cc3nn(C4CCC5(CC4)CN(C(C)=O)C5)cc3cc2C(=O)Nc2cnc3cccnn23)C1. The Morgan fingerprint density at radius 2 is 1.93 bits per heavy atom. The lowest BCUT2D eigenvalue weighted by atomic mass is 9.67. The molecule has 2 amide bonds. The van der Waals surface area contributed by atoms with Gasteiger partial charge in [-0.25, -0.2) is 4.98 Å². The highest BCUT2D eigenvalue weighted by molar-refractivity contribution is 6.08. The van der Waals surface area contributed by atoms with E-state index in [1.54, 1.807) is 37.0 Å². The average Bonchev–Trinajstić information content (AvgIpc) is 3.52. The van der Waals surface area contributed by atoms with Crippen LogP contribution in [0.3, 0.4) is 0 Å². The van der Waals surface area contributed by atoms with E-state index in [-0.39, 0.29) is 29.4 Å². The molecular weight excluding hydrogens is 510 g/mol. The summed E-state index contributed by atoms with van der Waals surface area (Å²) in [4.78, 5) is 31.5. The first-order chi connectivity index (χ1) is 19.4. The quantitative estimate of drug-likeness (QED) is 0.393. The molecule has 11 nitrogen and oxygen atoms in total. The maximum absolute atomic E-state index is 13.6. The number of likely N-dealkylation sites (tertiary alicyclic amines) is 1. The number of amides is 2. The van der Waals surface area contributed by atoms with E-state index in [0.29, 0.717) is 28.8 Å². The van der Waals surface area contributed by atoms with Crippen molar-refractivity contribution in [2.75, 3.05) is 25.5 Å². The Balaban J connectivity index is 1.14. The van der Waals surface area contributed by atoms with Gasteiger partial charge in [-0.1, -0.05) is 0 Å². The van der Waals surface area contributed by atoms with Gasteiger partial charge in [0.1, 0.15) is 11.9 Å². The number of benzene rings is 1. The number of carbonyl (C=O) groups excluding carboxylic acids is 2. The summed E-state index contributed by atoms with van der Waals surface area (Å²) in [5.74, 6) is 0.875. The van der Waals surface area contributed by atoms with Crippen LogP contribution in [-0.2, 0) is 9.53 Å². The van der Waals surface area contributed by atoms with E-state index in [0.717, 1.165) is 62.5 Å². The minimum Gasteiger partial charge on any atom is -0.489 e. The summed E-state index contributed by atoms with van der Waals surface area (Å²) < 4.78 is 15.4. The molecule has 0 radical (unpaired) electrons. The van der Waals surface area contributed by atoms with Crippen LogP contribution in [0.5, 0.6) is 5.75 Å². The number of rotatable bonds is 6. The lowest BCUT2D eigenvalue weighted by Gasteiger charge is -2.53. The maximum Gasteiger partial charge on any atom is 0.260 e. The molecule has 7 rings (SSSR count). The van der Waals surface area contributed by atoms with Crippen molar-refractivity contribution in [2.24, 2.45) is 5.41 Å². The Morgan fingerprint density at radius 1 is 1.12 bits per heavy atom. The van der Waals surface area contributed by atoms with Gasteiger partial charge in [0.15, 0.2) is 11.5 Å². The molecule has 0 unspecified atom stereocenters. The molecule has 4 heterocycles. The predicted octanol–water partition coefficient (Wildman–Crippen LogP) is 3.85. The van der Waals surface area contributed by atoms with E-state index in [1.165, 1.54) is 0 Å². The molecule has 2 aliphatic carbocycles. The topological polar surface area (TPSA) is 116 Å². The number of anilines is 1. The monoisotopic (exact) mass is 543 g/mol. The summed E-state index contributed by atoms with van der Waals surface area (Å²) in [6, 6.07) is 7.68. The molecule has 3 fully saturated rings. The van der Waals surface area contributed by atoms with Gasteiger partial charge in [-0.2, -0.15) is 14.7 Å². The maximum atomic E-state index is 13.6. The molecule has 11 heteroatoms. The lowest BCUT2D eigenvalue weighted by Crippen LogP contribution is -2.59. The second-order valence-corrected chi connectivity index (χ2v) is 11.6. The zero-order chi connectivity index (χ0) is 27.4. The molecular formula is C29H33N7O4. The standard InChI is InChI=1S/C29H33N7O4/c1-18(37)34-16-29(17-34)7-5-20(6-8-29)35-15-19-10-23(25(13-24(19)33-35)40-22-11-21(12-22)39-2)28(38)32-27-14-30-26-4-3-9-31-36(26)27/h3-4,9-10,13-15,20-22H,5-8,11-12,16-17H2,1-2H3,(H,32,38)/t21-,22-. The second kappa shape index (κ2) is 9.58. The first-order valence-electron chi connectivity index (χ1n) is 14.0. The number of nitrogens with zero attached hydrogens (tertiary/aromatic N) is 6. The first-order valence-corrected chi connectivity index (χ1v) is 14.0. The molecule has 0 bridgehead atoms. The molecule has 2 saturated carbocycles. The second-order valence-electron chi connectivity index (χ2n) is 11.6. The van der Waals surface area contributed by atoms with E-state index in [2.05, 4.69) is 20.1 Å². The number of carbonyl (C=O) groups is 2. The van der Waals surface area contributed by atoms with Gasteiger partial charge >= 0.3 is 0 Å². The van der Waals surface area contributed by atoms with Crippen LogP contribution in [-0.4, -0.2) is 73.5 Å². The Kier molecular flexibility index (Phi) is 5.99. The summed E-state index contributed by atoms with van der Waals surface area (Å²) in [6.07, 6.45) is 11.3. The van der Waals surface area contributed by atoms with E-state index in [4.69, 9.17) is 14.6 Å². The fourth-order valence-corrected chi connectivity index (χ4v) is 6.40. The number of methoxy groups -OCH3 is 1. The van der Waals surface area contributed by atoms with Crippen LogP contribution in [0.25, 0.3) is 16.6 Å². The highest BCUT2D eigenvalue weighted by atomic mass is 16.5. The minimum atomic E-state index is -0.292.